The minimum Gasteiger partial charge on any atom is -0.311 e. The molecule has 2 aromatic heterocycles. The summed E-state index contributed by atoms with van der Waals surface area (Å²) in [4.78, 5) is 0. The van der Waals surface area contributed by atoms with Crippen molar-refractivity contribution >= 4 is 0 Å². The molecule has 0 radical (unpaired) electrons. The molecule has 3 rings (SSSR count). The molecule has 0 saturated heterocycles. The summed E-state index contributed by atoms with van der Waals surface area (Å²) in [6.07, 6.45) is 4.75. The zero-order chi connectivity index (χ0) is 13.2. The number of hydrogen-bond acceptors (Lipinski definition) is 4. The van der Waals surface area contributed by atoms with Crippen molar-refractivity contribution in [2.24, 2.45) is 13.0 Å². The predicted molar refractivity (Wildman–Crippen MR) is 71.5 cm³/mol. The Morgan fingerprint density at radius 2 is 2.26 bits per heavy atom. The Morgan fingerprint density at radius 3 is 2.95 bits per heavy atom. The lowest BCUT2D eigenvalue weighted by molar-refractivity contribution is 0.598. The van der Waals surface area contributed by atoms with Crippen LogP contribution in [0.15, 0.2) is 12.3 Å². The molecule has 1 saturated carbocycles. The summed E-state index contributed by atoms with van der Waals surface area (Å²) in [6.45, 7) is 4.62. The Bertz CT molecular complexity index is 551. The third kappa shape index (κ3) is 3.20. The topological polar surface area (TPSA) is 60.6 Å². The van der Waals surface area contributed by atoms with Gasteiger partial charge < -0.3 is 5.32 Å². The maximum Gasteiger partial charge on any atom is 0.0964 e. The van der Waals surface area contributed by atoms with Crippen LogP contribution in [-0.2, 0) is 20.1 Å². The van der Waals surface area contributed by atoms with E-state index in [1.54, 1.807) is 0 Å². The van der Waals surface area contributed by atoms with Crippen LogP contribution in [0.3, 0.4) is 0 Å². The highest BCUT2D eigenvalue weighted by Gasteiger charge is 2.20. The van der Waals surface area contributed by atoms with Gasteiger partial charge in [-0.15, -0.1) is 5.10 Å². The van der Waals surface area contributed by atoms with Gasteiger partial charge in [-0.1, -0.05) is 5.21 Å². The highest BCUT2D eigenvalue weighted by Crippen LogP contribution is 2.27. The van der Waals surface area contributed by atoms with Crippen LogP contribution < -0.4 is 5.32 Å². The molecule has 0 aromatic carbocycles. The van der Waals surface area contributed by atoms with Gasteiger partial charge in [-0.25, -0.2) is 4.68 Å². The van der Waals surface area contributed by atoms with Gasteiger partial charge in [0.05, 0.1) is 29.8 Å². The average molecular weight is 260 g/mol. The number of nitrogens with one attached hydrogen (secondary N) is 1. The molecule has 1 N–H and O–H groups in total. The molecule has 102 valence electrons. The monoisotopic (exact) mass is 260 g/mol. The van der Waals surface area contributed by atoms with Crippen molar-refractivity contribution in [3.63, 3.8) is 0 Å². The van der Waals surface area contributed by atoms with E-state index in [9.17, 15) is 0 Å². The molecule has 6 nitrogen and oxygen atoms in total. The van der Waals surface area contributed by atoms with Crippen molar-refractivity contribution < 1.29 is 0 Å². The van der Waals surface area contributed by atoms with E-state index in [2.05, 4.69) is 26.8 Å². The first-order valence-corrected chi connectivity index (χ1v) is 6.80. The Labute approximate surface area is 112 Å². The summed E-state index contributed by atoms with van der Waals surface area (Å²) < 4.78 is 3.76. The lowest BCUT2D eigenvalue weighted by Crippen LogP contribution is -2.16. The van der Waals surface area contributed by atoms with Crippen molar-refractivity contribution in [2.75, 3.05) is 6.54 Å². The van der Waals surface area contributed by atoms with Crippen LogP contribution in [0.25, 0.3) is 0 Å². The molecule has 0 unspecified atom stereocenters. The maximum atomic E-state index is 4.33. The number of aromatic nitrogens is 5. The summed E-state index contributed by atoms with van der Waals surface area (Å²) >= 11 is 0. The molecule has 0 atom stereocenters. The molecular formula is C13H20N6. The largest absolute Gasteiger partial charge is 0.311 e. The smallest absolute Gasteiger partial charge is 0.0964 e. The molecular weight excluding hydrogens is 240 g/mol. The molecule has 2 heterocycles. The van der Waals surface area contributed by atoms with E-state index in [-0.39, 0.29) is 0 Å². The first kappa shape index (κ1) is 12.3. The number of rotatable bonds is 6. The normalized spacial score (nSPS) is 15.1. The third-order valence-electron chi connectivity index (χ3n) is 3.45. The van der Waals surface area contributed by atoms with Crippen LogP contribution >= 0.6 is 0 Å². The number of aryl methyl sites for hydroxylation is 2. The maximum absolute atomic E-state index is 4.33. The lowest BCUT2D eigenvalue weighted by atomic mass is 10.3. The van der Waals surface area contributed by atoms with Crippen LogP contribution in [0.5, 0.6) is 0 Å². The highest BCUT2D eigenvalue weighted by molar-refractivity contribution is 5.09. The van der Waals surface area contributed by atoms with Gasteiger partial charge in [-0.3, -0.25) is 4.68 Å². The predicted octanol–water partition coefficient (Wildman–Crippen LogP) is 0.868. The van der Waals surface area contributed by atoms with E-state index in [1.807, 2.05) is 29.5 Å². The minimum atomic E-state index is 0.715. The molecule has 1 aliphatic rings. The summed E-state index contributed by atoms with van der Waals surface area (Å²) in [6, 6.07) is 2.08. The van der Waals surface area contributed by atoms with Crippen LogP contribution in [0.2, 0.25) is 0 Å². The standard InChI is InChI=1S/C13H20N6/c1-10-5-13(18(2)16-10)9-19-8-12(15-17-19)7-14-6-11-3-4-11/h5,8,11,14H,3-4,6-7,9H2,1-2H3. The van der Waals surface area contributed by atoms with Crippen molar-refractivity contribution in [2.45, 2.75) is 32.9 Å². The van der Waals surface area contributed by atoms with Crippen LogP contribution in [0.1, 0.15) is 29.9 Å². The number of hydrogen-bond donors (Lipinski definition) is 1. The summed E-state index contributed by atoms with van der Waals surface area (Å²) in [5.41, 5.74) is 3.17. The van der Waals surface area contributed by atoms with Crippen molar-refractivity contribution in [3.05, 3.63) is 29.3 Å². The van der Waals surface area contributed by atoms with Gasteiger partial charge in [0.1, 0.15) is 0 Å². The van der Waals surface area contributed by atoms with Crippen LogP contribution in [0.4, 0.5) is 0 Å². The second-order valence-electron chi connectivity index (χ2n) is 5.38. The van der Waals surface area contributed by atoms with Gasteiger partial charge >= 0.3 is 0 Å². The summed E-state index contributed by atoms with van der Waals surface area (Å²) in [7, 11) is 1.96. The first-order valence-electron chi connectivity index (χ1n) is 6.80. The molecule has 1 aliphatic carbocycles. The molecule has 0 aliphatic heterocycles. The Morgan fingerprint density at radius 1 is 1.42 bits per heavy atom. The lowest BCUT2D eigenvalue weighted by Gasteiger charge is -2.01. The summed E-state index contributed by atoms with van der Waals surface area (Å²) in [5.74, 6) is 0.896. The zero-order valence-electron chi connectivity index (χ0n) is 11.5. The van der Waals surface area contributed by atoms with E-state index >= 15 is 0 Å². The van der Waals surface area contributed by atoms with Crippen molar-refractivity contribution in [3.8, 4) is 0 Å². The summed E-state index contributed by atoms with van der Waals surface area (Å²) in [5, 5.41) is 16.1. The fraction of sp³-hybridized carbons (Fsp3) is 0.615. The molecule has 6 heteroatoms. The van der Waals surface area contributed by atoms with Gasteiger partial charge in [0.2, 0.25) is 0 Å². The fourth-order valence-corrected chi connectivity index (χ4v) is 2.20. The molecule has 0 spiro atoms. The van der Waals surface area contributed by atoms with E-state index in [0.29, 0.717) is 6.54 Å². The molecule has 2 aromatic rings. The molecule has 0 amide bonds. The number of nitrogens with zero attached hydrogens (tertiary/aromatic N) is 5. The molecule has 0 bridgehead atoms. The molecule has 19 heavy (non-hydrogen) atoms. The average Bonchev–Trinajstić information content (AvgIpc) is 2.99. The van der Waals surface area contributed by atoms with Gasteiger partial charge in [0.15, 0.2) is 0 Å². The van der Waals surface area contributed by atoms with E-state index < -0.39 is 0 Å². The first-order chi connectivity index (χ1) is 9.20. The van der Waals surface area contributed by atoms with Gasteiger partial charge in [0.25, 0.3) is 0 Å². The van der Waals surface area contributed by atoms with Gasteiger partial charge in [0, 0.05) is 13.6 Å². The van der Waals surface area contributed by atoms with E-state index in [4.69, 9.17) is 0 Å². The van der Waals surface area contributed by atoms with Crippen molar-refractivity contribution in [1.82, 2.24) is 30.1 Å². The fourth-order valence-electron chi connectivity index (χ4n) is 2.20. The Kier molecular flexibility index (Phi) is 3.33. The van der Waals surface area contributed by atoms with Gasteiger partial charge in [-0.2, -0.15) is 5.10 Å². The van der Waals surface area contributed by atoms with Crippen molar-refractivity contribution in [1.29, 1.82) is 0 Å². The van der Waals surface area contributed by atoms with E-state index in [1.165, 1.54) is 12.8 Å². The Hall–Kier alpha value is -1.69. The van der Waals surface area contributed by atoms with Crippen LogP contribution in [0, 0.1) is 12.8 Å². The van der Waals surface area contributed by atoms with E-state index in [0.717, 1.165) is 36.1 Å². The zero-order valence-corrected chi connectivity index (χ0v) is 11.5. The molecule has 1 fully saturated rings. The van der Waals surface area contributed by atoms with Gasteiger partial charge in [-0.05, 0) is 38.3 Å². The second kappa shape index (κ2) is 5.13. The highest BCUT2D eigenvalue weighted by atomic mass is 15.4. The third-order valence-corrected chi connectivity index (χ3v) is 3.45. The van der Waals surface area contributed by atoms with Crippen LogP contribution in [-0.4, -0.2) is 31.3 Å². The second-order valence-corrected chi connectivity index (χ2v) is 5.38. The SMILES string of the molecule is Cc1cc(Cn2cc(CNCC3CC3)nn2)n(C)n1. The minimum absolute atomic E-state index is 0.715. The Balaban J connectivity index is 1.56. The quantitative estimate of drug-likeness (QED) is 0.837.